The number of benzene rings is 6. The first-order chi connectivity index (χ1) is 30.4. The Morgan fingerprint density at radius 3 is 1.75 bits per heavy atom. The zero-order chi connectivity index (χ0) is 42.4. The van der Waals surface area contributed by atoms with Crippen LogP contribution in [0.3, 0.4) is 0 Å². The van der Waals surface area contributed by atoms with Crippen LogP contribution in [0, 0.1) is 52.6 Å². The molecule has 0 saturated heterocycles. The minimum Gasteiger partial charge on any atom is -0.500 e. The van der Waals surface area contributed by atoms with Crippen molar-refractivity contribution < 1.29 is 24.5 Å². The second-order valence-electron chi connectivity index (χ2n) is 15.2. The normalized spacial score (nSPS) is 11.8. The van der Waals surface area contributed by atoms with Gasteiger partial charge in [-0.15, -0.1) is 89.7 Å². The molecule has 1 aliphatic heterocycles. The molecule has 311 valence electrons. The van der Waals surface area contributed by atoms with Crippen LogP contribution in [-0.2, 0) is 20.1 Å². The summed E-state index contributed by atoms with van der Waals surface area (Å²) in [5.41, 5.74) is 17.3. The van der Waals surface area contributed by atoms with Gasteiger partial charge >= 0.3 is 0 Å². The van der Waals surface area contributed by atoms with Crippen LogP contribution in [0.15, 0.2) is 193 Å². The van der Waals surface area contributed by atoms with E-state index >= 15 is 0 Å². The summed E-state index contributed by atoms with van der Waals surface area (Å²) in [5.74, 6) is 1.74. The molecule has 6 heteroatoms. The molecule has 0 saturated carbocycles. The molecule has 0 bridgehead atoms. The van der Waals surface area contributed by atoms with Crippen molar-refractivity contribution in [3.63, 3.8) is 0 Å². The van der Waals surface area contributed by atoms with Gasteiger partial charge < -0.3 is 24.2 Å². The molecular formula is C57H44IrN4O-4. The molecule has 0 unspecified atom stereocenters. The molecule has 1 aliphatic rings. The Morgan fingerprint density at radius 1 is 0.492 bits per heavy atom. The number of rotatable bonds is 8. The summed E-state index contributed by atoms with van der Waals surface area (Å²) < 4.78 is 6.79. The molecule has 1 radical (unpaired) electrons. The van der Waals surface area contributed by atoms with Crippen LogP contribution in [0.4, 0.5) is 11.4 Å². The Hall–Kier alpha value is -7.11. The molecule has 6 aromatic carbocycles. The number of para-hydroxylation sites is 1. The van der Waals surface area contributed by atoms with Gasteiger partial charge in [-0.05, 0) is 103 Å². The molecule has 10 rings (SSSR count). The summed E-state index contributed by atoms with van der Waals surface area (Å²) >= 11 is 0. The van der Waals surface area contributed by atoms with Crippen LogP contribution < -0.4 is 9.80 Å². The third kappa shape index (κ3) is 9.10. The molecule has 0 N–H and O–H groups in total. The average Bonchev–Trinajstić information content (AvgIpc) is 3.94. The summed E-state index contributed by atoms with van der Waals surface area (Å²) in [6, 6.07) is 65.6. The first-order valence-corrected chi connectivity index (χ1v) is 20.7. The molecule has 0 fully saturated rings. The summed E-state index contributed by atoms with van der Waals surface area (Å²) in [5, 5.41) is 0. The van der Waals surface area contributed by atoms with Crippen molar-refractivity contribution >= 4 is 11.4 Å². The Labute approximate surface area is 384 Å². The molecule has 0 atom stereocenters. The predicted molar refractivity (Wildman–Crippen MR) is 254 cm³/mol. The van der Waals surface area contributed by atoms with Crippen LogP contribution in [0.25, 0.3) is 67.4 Å². The fourth-order valence-corrected chi connectivity index (χ4v) is 7.95. The van der Waals surface area contributed by atoms with E-state index in [4.69, 9.17) is 4.42 Å². The number of aromatic nitrogens is 2. The SMILES string of the molecule is Cc1cccc(C)c1N1C=CN(c2[c-]cc(-c3oc(-c4ccccc4-c4ccccc4-c4cc[c-]c(-c5ccccn5)c4)c(C)c3C)cc2)[CH-]1.[Ir].[c-]1ccccc1-c1ccccn1. The van der Waals surface area contributed by atoms with Crippen molar-refractivity contribution in [3.05, 3.63) is 236 Å². The van der Waals surface area contributed by atoms with Gasteiger partial charge in [0.15, 0.2) is 0 Å². The van der Waals surface area contributed by atoms with Crippen molar-refractivity contribution in [3.8, 4) is 67.4 Å². The quantitative estimate of drug-likeness (QED) is 0.142. The van der Waals surface area contributed by atoms with Crippen LogP contribution in [0.2, 0.25) is 0 Å². The van der Waals surface area contributed by atoms with Crippen molar-refractivity contribution in [2.75, 3.05) is 9.80 Å². The van der Waals surface area contributed by atoms with E-state index in [1.165, 1.54) is 16.8 Å². The van der Waals surface area contributed by atoms with Gasteiger partial charge in [-0.1, -0.05) is 96.6 Å². The minimum absolute atomic E-state index is 0. The van der Waals surface area contributed by atoms with E-state index in [9.17, 15) is 0 Å². The fraction of sp³-hybridized carbons (Fsp3) is 0.0702. The van der Waals surface area contributed by atoms with Gasteiger partial charge in [-0.25, -0.2) is 0 Å². The van der Waals surface area contributed by atoms with Crippen molar-refractivity contribution in [2.45, 2.75) is 27.7 Å². The molecule has 4 heterocycles. The third-order valence-electron chi connectivity index (χ3n) is 11.2. The maximum absolute atomic E-state index is 6.79. The van der Waals surface area contributed by atoms with E-state index in [-0.39, 0.29) is 20.1 Å². The molecule has 5 nitrogen and oxygen atoms in total. The number of hydrogen-bond donors (Lipinski definition) is 0. The van der Waals surface area contributed by atoms with E-state index in [0.717, 1.165) is 84.2 Å². The summed E-state index contributed by atoms with van der Waals surface area (Å²) in [6.07, 6.45) is 7.77. The number of furan rings is 1. The van der Waals surface area contributed by atoms with Crippen LogP contribution in [-0.4, -0.2) is 9.97 Å². The van der Waals surface area contributed by atoms with Crippen molar-refractivity contribution in [1.29, 1.82) is 0 Å². The summed E-state index contributed by atoms with van der Waals surface area (Å²) in [4.78, 5) is 13.0. The molecule has 9 aromatic rings. The molecule has 0 spiro atoms. The number of aryl methyl sites for hydroxylation is 2. The topological polar surface area (TPSA) is 45.4 Å². The number of hydrogen-bond acceptors (Lipinski definition) is 5. The maximum Gasteiger partial charge on any atom is 0.136 e. The Kier molecular flexibility index (Phi) is 13.0. The summed E-state index contributed by atoms with van der Waals surface area (Å²) in [6.45, 7) is 10.7. The van der Waals surface area contributed by atoms with Gasteiger partial charge in [0.1, 0.15) is 5.76 Å². The number of nitrogens with zero attached hydrogens (tertiary/aromatic N) is 4. The van der Waals surface area contributed by atoms with Crippen molar-refractivity contribution in [1.82, 2.24) is 9.97 Å². The van der Waals surface area contributed by atoms with E-state index in [0.29, 0.717) is 0 Å². The zero-order valence-electron chi connectivity index (χ0n) is 35.5. The third-order valence-corrected chi connectivity index (χ3v) is 11.2. The molecular weight excluding hydrogens is 949 g/mol. The Morgan fingerprint density at radius 2 is 1.10 bits per heavy atom. The fourth-order valence-electron chi connectivity index (χ4n) is 7.95. The molecule has 63 heavy (non-hydrogen) atoms. The largest absolute Gasteiger partial charge is 0.500 e. The predicted octanol–water partition coefficient (Wildman–Crippen LogP) is 14.3. The van der Waals surface area contributed by atoms with Crippen LogP contribution >= 0.6 is 0 Å². The first kappa shape index (κ1) is 42.6. The van der Waals surface area contributed by atoms with Gasteiger partial charge in [-0.3, -0.25) is 0 Å². The second-order valence-corrected chi connectivity index (χ2v) is 15.2. The average molecular weight is 993 g/mol. The Bertz CT molecular complexity index is 2920. The van der Waals surface area contributed by atoms with E-state index in [1.807, 2.05) is 79.0 Å². The second kappa shape index (κ2) is 19.3. The number of pyridine rings is 2. The van der Waals surface area contributed by atoms with Gasteiger partial charge in [0.2, 0.25) is 0 Å². The van der Waals surface area contributed by atoms with E-state index in [2.05, 4.69) is 176 Å². The smallest absolute Gasteiger partial charge is 0.136 e. The molecule has 0 amide bonds. The van der Waals surface area contributed by atoms with E-state index in [1.54, 1.807) is 6.20 Å². The minimum atomic E-state index is 0. The summed E-state index contributed by atoms with van der Waals surface area (Å²) in [7, 11) is 0. The zero-order valence-corrected chi connectivity index (χ0v) is 37.9. The van der Waals surface area contributed by atoms with Gasteiger partial charge in [-0.2, -0.15) is 18.2 Å². The van der Waals surface area contributed by atoms with Crippen molar-refractivity contribution in [2.24, 2.45) is 0 Å². The molecule has 0 aliphatic carbocycles. The standard InChI is InChI=1S/C46H36N3O.C11H8N.Ir/c1-31-13-11-14-32(2)44(31)49-28-27-48(30-49)38-24-22-35(23-25-38)45-33(3)34(4)46(50-45)42-20-8-7-19-41(42)40-18-6-5-17-39(40)36-15-12-16-37(29-36)43-21-9-10-26-47-43;1-2-6-10(7-3-1)11-8-4-5-9-12-11;/h5-15,17-24,26-30H,1-4H3;1-6,8-9H;/q-3;-1;. The van der Waals surface area contributed by atoms with E-state index < -0.39 is 0 Å². The van der Waals surface area contributed by atoms with Crippen LogP contribution in [0.5, 0.6) is 0 Å². The van der Waals surface area contributed by atoms with Gasteiger partial charge in [0.05, 0.1) is 5.76 Å². The van der Waals surface area contributed by atoms with Gasteiger partial charge in [0, 0.05) is 43.7 Å². The Balaban J connectivity index is 0.000000361. The molecule has 3 aromatic heterocycles. The number of anilines is 2. The van der Waals surface area contributed by atoms with Gasteiger partial charge in [0.25, 0.3) is 0 Å². The maximum atomic E-state index is 6.79. The monoisotopic (exact) mass is 993 g/mol. The first-order valence-electron chi connectivity index (χ1n) is 20.7. The van der Waals surface area contributed by atoms with Crippen LogP contribution in [0.1, 0.15) is 22.3 Å².